The lowest BCUT2D eigenvalue weighted by atomic mass is 9.93. The molecule has 0 spiro atoms. The molecule has 0 bridgehead atoms. The molecule has 0 aliphatic heterocycles. The predicted octanol–water partition coefficient (Wildman–Crippen LogP) is 2.54. The van der Waals surface area contributed by atoms with Crippen LogP contribution >= 0.6 is 11.6 Å². The Hall–Kier alpha value is -1.22. The van der Waals surface area contributed by atoms with Gasteiger partial charge >= 0.3 is 5.97 Å². The van der Waals surface area contributed by atoms with Crippen LogP contribution in [0.1, 0.15) is 24.3 Å². The second-order valence-electron chi connectivity index (χ2n) is 3.62. The molecule has 2 N–H and O–H groups in total. The highest BCUT2D eigenvalue weighted by molar-refractivity contribution is 6.17. The van der Waals surface area contributed by atoms with Crippen molar-refractivity contribution in [3.63, 3.8) is 0 Å². The molecule has 0 saturated heterocycles. The van der Waals surface area contributed by atoms with Crippen molar-refractivity contribution >= 4 is 23.3 Å². The zero-order chi connectivity index (χ0) is 12.0. The number of anilines is 1. The van der Waals surface area contributed by atoms with E-state index in [1.807, 2.05) is 24.3 Å². The molecule has 0 heterocycles. The van der Waals surface area contributed by atoms with Crippen LogP contribution in [-0.2, 0) is 9.53 Å². The maximum absolute atomic E-state index is 11.2. The van der Waals surface area contributed by atoms with Crippen molar-refractivity contribution in [3.8, 4) is 0 Å². The average molecular weight is 242 g/mol. The molecule has 1 aromatic rings. The number of carbonyl (C=O) groups excluding carboxylic acids is 1. The number of halogens is 1. The van der Waals surface area contributed by atoms with E-state index in [2.05, 4.69) is 4.74 Å². The summed E-state index contributed by atoms with van der Waals surface area (Å²) < 4.78 is 4.67. The van der Waals surface area contributed by atoms with Crippen molar-refractivity contribution in [1.29, 1.82) is 0 Å². The molecule has 4 heteroatoms. The van der Waals surface area contributed by atoms with E-state index < -0.39 is 0 Å². The summed E-state index contributed by atoms with van der Waals surface area (Å²) in [5, 5.41) is 0. The van der Waals surface area contributed by atoms with Crippen molar-refractivity contribution in [2.24, 2.45) is 0 Å². The molecular weight excluding hydrogens is 226 g/mol. The molecule has 0 radical (unpaired) electrons. The summed E-state index contributed by atoms with van der Waals surface area (Å²) in [6, 6.07) is 7.51. The zero-order valence-electron chi connectivity index (χ0n) is 9.28. The van der Waals surface area contributed by atoms with Crippen LogP contribution in [0.15, 0.2) is 24.3 Å². The number of ether oxygens (including phenoxy) is 1. The van der Waals surface area contributed by atoms with E-state index in [9.17, 15) is 4.79 Å². The first kappa shape index (κ1) is 12.8. The van der Waals surface area contributed by atoms with Crippen molar-refractivity contribution in [2.45, 2.75) is 18.8 Å². The minimum Gasteiger partial charge on any atom is -0.469 e. The molecule has 1 unspecified atom stereocenters. The van der Waals surface area contributed by atoms with Gasteiger partial charge in [0.2, 0.25) is 0 Å². The van der Waals surface area contributed by atoms with Gasteiger partial charge in [-0.3, -0.25) is 4.79 Å². The Kier molecular flexibility index (Phi) is 5.12. The fraction of sp³-hybridized carbons (Fsp3) is 0.417. The fourth-order valence-electron chi connectivity index (χ4n) is 1.57. The number of esters is 1. The molecule has 0 fully saturated rings. The Morgan fingerprint density at radius 1 is 1.44 bits per heavy atom. The highest BCUT2D eigenvalue weighted by Gasteiger charge is 2.15. The van der Waals surface area contributed by atoms with E-state index >= 15 is 0 Å². The van der Waals surface area contributed by atoms with Crippen LogP contribution < -0.4 is 5.73 Å². The summed E-state index contributed by atoms with van der Waals surface area (Å²) in [4.78, 5) is 11.2. The van der Waals surface area contributed by atoms with Gasteiger partial charge in [0.25, 0.3) is 0 Å². The van der Waals surface area contributed by atoms with Crippen LogP contribution in [-0.4, -0.2) is 19.0 Å². The van der Waals surface area contributed by atoms with Crippen LogP contribution in [0.3, 0.4) is 0 Å². The van der Waals surface area contributed by atoms with Gasteiger partial charge in [-0.05, 0) is 30.0 Å². The summed E-state index contributed by atoms with van der Waals surface area (Å²) in [6.45, 7) is 0. The molecule has 88 valence electrons. The van der Waals surface area contributed by atoms with E-state index in [1.165, 1.54) is 7.11 Å². The van der Waals surface area contributed by atoms with Crippen LogP contribution in [0.4, 0.5) is 5.69 Å². The topological polar surface area (TPSA) is 52.3 Å². The van der Waals surface area contributed by atoms with Gasteiger partial charge in [-0.1, -0.05) is 12.1 Å². The number of hydrogen-bond donors (Lipinski definition) is 1. The van der Waals surface area contributed by atoms with Gasteiger partial charge in [0, 0.05) is 11.6 Å². The summed E-state index contributed by atoms with van der Waals surface area (Å²) in [6.07, 6.45) is 1.10. The van der Waals surface area contributed by atoms with Gasteiger partial charge < -0.3 is 10.5 Å². The highest BCUT2D eigenvalue weighted by atomic mass is 35.5. The molecule has 3 nitrogen and oxygen atoms in total. The summed E-state index contributed by atoms with van der Waals surface area (Å²) in [5.41, 5.74) is 7.39. The number of benzene rings is 1. The Balaban J connectivity index is 2.76. The second kappa shape index (κ2) is 6.38. The molecule has 0 aliphatic carbocycles. The number of hydrogen-bond acceptors (Lipinski definition) is 3. The first-order valence-corrected chi connectivity index (χ1v) is 5.69. The maximum atomic E-state index is 11.2. The molecular formula is C12H16ClNO2. The van der Waals surface area contributed by atoms with E-state index in [1.54, 1.807) is 0 Å². The highest BCUT2D eigenvalue weighted by Crippen LogP contribution is 2.25. The number of carbonyl (C=O) groups is 1. The molecule has 0 saturated carbocycles. The van der Waals surface area contributed by atoms with Crippen molar-refractivity contribution in [3.05, 3.63) is 29.8 Å². The Labute approximate surface area is 101 Å². The maximum Gasteiger partial charge on any atom is 0.306 e. The van der Waals surface area contributed by atoms with Crippen LogP contribution in [0.25, 0.3) is 0 Å². The van der Waals surface area contributed by atoms with E-state index in [4.69, 9.17) is 17.3 Å². The smallest absolute Gasteiger partial charge is 0.306 e. The number of nitrogen functional groups attached to an aromatic ring is 1. The van der Waals surface area contributed by atoms with Crippen molar-refractivity contribution in [2.75, 3.05) is 18.7 Å². The lowest BCUT2D eigenvalue weighted by Crippen LogP contribution is -2.09. The third-order valence-corrected chi connectivity index (χ3v) is 2.72. The number of nitrogens with two attached hydrogens (primary N) is 1. The van der Waals surface area contributed by atoms with E-state index in [0.717, 1.165) is 12.0 Å². The Morgan fingerprint density at radius 2 is 2.06 bits per heavy atom. The molecule has 0 amide bonds. The third-order valence-electron chi connectivity index (χ3n) is 2.51. The van der Waals surface area contributed by atoms with Gasteiger partial charge in [-0.15, -0.1) is 11.6 Å². The van der Waals surface area contributed by atoms with Gasteiger partial charge in [0.1, 0.15) is 0 Å². The summed E-state index contributed by atoms with van der Waals surface area (Å²) >= 11 is 5.73. The largest absolute Gasteiger partial charge is 0.469 e. The first-order valence-electron chi connectivity index (χ1n) is 5.15. The molecule has 16 heavy (non-hydrogen) atoms. The molecule has 1 rings (SSSR count). The SMILES string of the molecule is COC(=O)CC(CCCl)c1ccc(N)cc1. The molecule has 0 aromatic heterocycles. The number of alkyl halides is 1. The van der Waals surface area contributed by atoms with Crippen LogP contribution in [0.5, 0.6) is 0 Å². The predicted molar refractivity (Wildman–Crippen MR) is 65.6 cm³/mol. The minimum atomic E-state index is -0.216. The quantitative estimate of drug-likeness (QED) is 0.490. The lowest BCUT2D eigenvalue weighted by Gasteiger charge is -2.14. The normalized spacial score (nSPS) is 12.1. The Bertz CT molecular complexity index is 337. The standard InChI is InChI=1S/C12H16ClNO2/c1-16-12(15)8-10(6-7-13)9-2-4-11(14)5-3-9/h2-5,10H,6-8,14H2,1H3. The number of rotatable bonds is 5. The lowest BCUT2D eigenvalue weighted by molar-refractivity contribution is -0.141. The van der Waals surface area contributed by atoms with Gasteiger partial charge in [0.15, 0.2) is 0 Å². The van der Waals surface area contributed by atoms with Gasteiger partial charge in [-0.2, -0.15) is 0 Å². The number of methoxy groups -OCH3 is 1. The van der Waals surface area contributed by atoms with Crippen molar-refractivity contribution < 1.29 is 9.53 Å². The third kappa shape index (κ3) is 3.74. The van der Waals surface area contributed by atoms with Crippen LogP contribution in [0.2, 0.25) is 0 Å². The second-order valence-corrected chi connectivity index (χ2v) is 4.00. The zero-order valence-corrected chi connectivity index (χ0v) is 10.0. The molecule has 1 atom stereocenters. The van der Waals surface area contributed by atoms with Crippen LogP contribution in [0, 0.1) is 0 Å². The van der Waals surface area contributed by atoms with E-state index in [-0.39, 0.29) is 11.9 Å². The monoisotopic (exact) mass is 241 g/mol. The van der Waals surface area contributed by atoms with Gasteiger partial charge in [-0.25, -0.2) is 0 Å². The average Bonchev–Trinajstić information content (AvgIpc) is 2.29. The summed E-state index contributed by atoms with van der Waals surface area (Å²) in [7, 11) is 1.39. The van der Waals surface area contributed by atoms with Crippen molar-refractivity contribution in [1.82, 2.24) is 0 Å². The van der Waals surface area contributed by atoms with Gasteiger partial charge in [0.05, 0.1) is 13.5 Å². The minimum absolute atomic E-state index is 0.102. The van der Waals surface area contributed by atoms with E-state index in [0.29, 0.717) is 18.0 Å². The fourth-order valence-corrected chi connectivity index (χ4v) is 1.83. The first-order chi connectivity index (χ1) is 7.67. The summed E-state index contributed by atoms with van der Waals surface area (Å²) in [5.74, 6) is 0.406. The molecule has 0 aliphatic rings. The molecule has 1 aromatic carbocycles. The Morgan fingerprint density at radius 3 is 2.56 bits per heavy atom.